The number of hydrogen-bond acceptors (Lipinski definition) is 3. The lowest BCUT2D eigenvalue weighted by atomic mass is 10.2. The molecule has 1 aromatic heterocycles. The molecule has 3 N–H and O–H groups in total. The van der Waals surface area contributed by atoms with Crippen molar-refractivity contribution in [2.24, 2.45) is 5.73 Å². The van der Waals surface area contributed by atoms with Crippen molar-refractivity contribution in [3.63, 3.8) is 0 Å². The van der Waals surface area contributed by atoms with Crippen LogP contribution in [0.1, 0.15) is 37.2 Å². The first-order valence-corrected chi connectivity index (χ1v) is 5.39. The number of hydrogen-bond donors (Lipinski definition) is 2. The fourth-order valence-corrected chi connectivity index (χ4v) is 2.00. The third-order valence-corrected chi connectivity index (χ3v) is 2.84. The molecule has 14 heavy (non-hydrogen) atoms. The van der Waals surface area contributed by atoms with Crippen molar-refractivity contribution in [1.82, 2.24) is 5.32 Å². The van der Waals surface area contributed by atoms with Crippen molar-refractivity contribution in [3.05, 3.63) is 23.7 Å². The maximum Gasteiger partial charge on any atom is 0.118 e. The van der Waals surface area contributed by atoms with E-state index in [4.69, 9.17) is 10.2 Å². The van der Waals surface area contributed by atoms with E-state index >= 15 is 0 Å². The molecule has 1 heterocycles. The third-order valence-electron chi connectivity index (χ3n) is 2.84. The molecule has 0 spiro atoms. The summed E-state index contributed by atoms with van der Waals surface area (Å²) in [5.41, 5.74) is 5.47. The summed E-state index contributed by atoms with van der Waals surface area (Å²) in [5, 5.41) is 3.50. The van der Waals surface area contributed by atoms with Gasteiger partial charge >= 0.3 is 0 Å². The normalized spacial score (nSPS) is 17.8. The molecule has 1 aromatic rings. The molecule has 2 rings (SSSR count). The van der Waals surface area contributed by atoms with Crippen LogP contribution in [0, 0.1) is 0 Å². The minimum Gasteiger partial charge on any atom is -0.463 e. The van der Waals surface area contributed by atoms with Crippen LogP contribution in [0.4, 0.5) is 0 Å². The van der Waals surface area contributed by atoms with Crippen molar-refractivity contribution < 1.29 is 4.42 Å². The van der Waals surface area contributed by atoms with Crippen LogP contribution < -0.4 is 11.1 Å². The molecule has 0 amide bonds. The molecule has 0 unspecified atom stereocenters. The first-order valence-electron chi connectivity index (χ1n) is 5.39. The van der Waals surface area contributed by atoms with Crippen LogP contribution >= 0.6 is 0 Å². The van der Waals surface area contributed by atoms with Gasteiger partial charge in [0.15, 0.2) is 0 Å². The van der Waals surface area contributed by atoms with Gasteiger partial charge in [0.1, 0.15) is 11.5 Å². The summed E-state index contributed by atoms with van der Waals surface area (Å²) < 4.78 is 5.51. The second-order valence-electron chi connectivity index (χ2n) is 3.93. The first-order chi connectivity index (χ1) is 6.88. The quantitative estimate of drug-likeness (QED) is 0.768. The molecule has 0 aliphatic heterocycles. The van der Waals surface area contributed by atoms with E-state index in [-0.39, 0.29) is 0 Å². The number of nitrogens with one attached hydrogen (secondary N) is 1. The highest BCUT2D eigenvalue weighted by atomic mass is 16.3. The summed E-state index contributed by atoms with van der Waals surface area (Å²) >= 11 is 0. The van der Waals surface area contributed by atoms with E-state index in [9.17, 15) is 0 Å². The second kappa shape index (κ2) is 4.62. The molecule has 1 saturated carbocycles. The van der Waals surface area contributed by atoms with Crippen LogP contribution in [0.2, 0.25) is 0 Å². The predicted molar refractivity (Wildman–Crippen MR) is 55.7 cm³/mol. The average molecular weight is 194 g/mol. The number of nitrogens with two attached hydrogens (primary N) is 1. The molecule has 78 valence electrons. The molecule has 1 aliphatic rings. The molecular formula is C11H18N2O. The summed E-state index contributed by atoms with van der Waals surface area (Å²) in [6.07, 6.45) is 5.35. The molecule has 0 atom stereocenters. The fourth-order valence-electron chi connectivity index (χ4n) is 2.00. The highest BCUT2D eigenvalue weighted by Crippen LogP contribution is 2.18. The molecule has 1 aliphatic carbocycles. The molecule has 0 saturated heterocycles. The van der Waals surface area contributed by atoms with E-state index in [2.05, 4.69) is 5.32 Å². The summed E-state index contributed by atoms with van der Waals surface area (Å²) in [6, 6.07) is 4.65. The smallest absolute Gasteiger partial charge is 0.118 e. The Balaban J connectivity index is 1.79. The van der Waals surface area contributed by atoms with Gasteiger partial charge in [-0.15, -0.1) is 0 Å². The highest BCUT2D eigenvalue weighted by Gasteiger charge is 2.14. The molecule has 1 fully saturated rings. The lowest BCUT2D eigenvalue weighted by molar-refractivity contribution is 0.424. The van der Waals surface area contributed by atoms with Crippen molar-refractivity contribution in [2.45, 2.75) is 44.8 Å². The Kier molecular flexibility index (Phi) is 3.22. The molecule has 0 aromatic carbocycles. The van der Waals surface area contributed by atoms with E-state index in [1.165, 1.54) is 25.7 Å². The van der Waals surface area contributed by atoms with Crippen LogP contribution in [-0.2, 0) is 13.1 Å². The minimum absolute atomic E-state index is 0.490. The Labute approximate surface area is 84.7 Å². The van der Waals surface area contributed by atoms with Gasteiger partial charge in [0.25, 0.3) is 0 Å². The van der Waals surface area contributed by atoms with Gasteiger partial charge in [0.05, 0.1) is 13.1 Å². The zero-order chi connectivity index (χ0) is 9.80. The third kappa shape index (κ3) is 2.36. The summed E-state index contributed by atoms with van der Waals surface area (Å²) in [4.78, 5) is 0. The van der Waals surface area contributed by atoms with Gasteiger partial charge in [-0.05, 0) is 25.0 Å². The average Bonchev–Trinajstić information content (AvgIpc) is 2.86. The van der Waals surface area contributed by atoms with Crippen molar-refractivity contribution in [2.75, 3.05) is 0 Å². The van der Waals surface area contributed by atoms with Gasteiger partial charge in [0.2, 0.25) is 0 Å². The van der Waals surface area contributed by atoms with Crippen molar-refractivity contribution in [3.8, 4) is 0 Å². The maximum absolute atomic E-state index is 5.51. The van der Waals surface area contributed by atoms with Crippen LogP contribution in [-0.4, -0.2) is 6.04 Å². The second-order valence-corrected chi connectivity index (χ2v) is 3.93. The topological polar surface area (TPSA) is 51.2 Å². The zero-order valence-corrected chi connectivity index (χ0v) is 8.46. The van der Waals surface area contributed by atoms with Gasteiger partial charge in [0, 0.05) is 6.04 Å². The van der Waals surface area contributed by atoms with E-state index in [1.54, 1.807) is 0 Å². The Morgan fingerprint density at radius 1 is 1.29 bits per heavy atom. The van der Waals surface area contributed by atoms with E-state index < -0.39 is 0 Å². The van der Waals surface area contributed by atoms with Crippen LogP contribution in [0.5, 0.6) is 0 Å². The Hall–Kier alpha value is -0.800. The Morgan fingerprint density at radius 2 is 2.00 bits per heavy atom. The number of furan rings is 1. The lowest BCUT2D eigenvalue weighted by Crippen LogP contribution is -2.24. The van der Waals surface area contributed by atoms with Crippen molar-refractivity contribution in [1.29, 1.82) is 0 Å². The van der Waals surface area contributed by atoms with Crippen molar-refractivity contribution >= 4 is 0 Å². The largest absolute Gasteiger partial charge is 0.463 e. The van der Waals surface area contributed by atoms with E-state index in [1.807, 2.05) is 12.1 Å². The van der Waals surface area contributed by atoms with Gasteiger partial charge < -0.3 is 15.5 Å². The van der Waals surface area contributed by atoms with Gasteiger partial charge in [-0.25, -0.2) is 0 Å². The highest BCUT2D eigenvalue weighted by molar-refractivity contribution is 5.06. The molecule has 0 radical (unpaired) electrons. The maximum atomic E-state index is 5.51. The number of rotatable bonds is 4. The van der Waals surface area contributed by atoms with E-state index in [0.29, 0.717) is 12.6 Å². The molecule has 3 nitrogen and oxygen atoms in total. The zero-order valence-electron chi connectivity index (χ0n) is 8.46. The van der Waals surface area contributed by atoms with Gasteiger partial charge in [-0.1, -0.05) is 12.8 Å². The lowest BCUT2D eigenvalue weighted by Gasteiger charge is -2.09. The first kappa shape index (κ1) is 9.74. The van der Waals surface area contributed by atoms with Gasteiger partial charge in [-0.3, -0.25) is 0 Å². The van der Waals surface area contributed by atoms with Gasteiger partial charge in [-0.2, -0.15) is 0 Å². The van der Waals surface area contributed by atoms with Crippen LogP contribution in [0.25, 0.3) is 0 Å². The Bertz CT molecular complexity index is 277. The SMILES string of the molecule is NCc1ccc(CNC2CCCC2)o1. The summed E-state index contributed by atoms with van der Waals surface area (Å²) in [7, 11) is 0. The van der Waals surface area contributed by atoms with E-state index in [0.717, 1.165) is 18.1 Å². The van der Waals surface area contributed by atoms with Crippen LogP contribution in [0.15, 0.2) is 16.5 Å². The molecular weight excluding hydrogens is 176 g/mol. The molecule has 3 heteroatoms. The molecule has 0 bridgehead atoms. The van der Waals surface area contributed by atoms with Crippen LogP contribution in [0.3, 0.4) is 0 Å². The summed E-state index contributed by atoms with van der Waals surface area (Å²) in [6.45, 7) is 1.33. The summed E-state index contributed by atoms with van der Waals surface area (Å²) in [5.74, 6) is 1.87. The fraction of sp³-hybridized carbons (Fsp3) is 0.636. The predicted octanol–water partition coefficient (Wildman–Crippen LogP) is 1.77. The minimum atomic E-state index is 0.490. The monoisotopic (exact) mass is 194 g/mol. The standard InChI is InChI=1S/C11H18N2O/c12-7-10-5-6-11(14-10)8-13-9-3-1-2-4-9/h5-6,9,13H,1-4,7-8,12H2. The Morgan fingerprint density at radius 3 is 2.64 bits per heavy atom.